The second-order valence-corrected chi connectivity index (χ2v) is 8.48. The van der Waals surface area contributed by atoms with Crippen LogP contribution in [0.4, 0.5) is 5.69 Å². The lowest BCUT2D eigenvalue weighted by atomic mass is 10.1. The molecule has 0 unspecified atom stereocenters. The van der Waals surface area contributed by atoms with Crippen LogP contribution < -0.4 is 14.2 Å². The summed E-state index contributed by atoms with van der Waals surface area (Å²) in [4.78, 5) is 23.0. The van der Waals surface area contributed by atoms with Gasteiger partial charge in [-0.1, -0.05) is 13.8 Å². The van der Waals surface area contributed by atoms with E-state index >= 15 is 0 Å². The van der Waals surface area contributed by atoms with Gasteiger partial charge in [0.2, 0.25) is 10.0 Å². The Labute approximate surface area is 179 Å². The second kappa shape index (κ2) is 9.31. The van der Waals surface area contributed by atoms with Crippen LogP contribution in [0.15, 0.2) is 41.3 Å². The number of nitro benzene ring substituents is 1. The summed E-state index contributed by atoms with van der Waals surface area (Å²) in [6.45, 7) is 4.14. The summed E-state index contributed by atoms with van der Waals surface area (Å²) >= 11 is 0. The van der Waals surface area contributed by atoms with Crippen molar-refractivity contribution in [3.8, 4) is 17.2 Å². The lowest BCUT2D eigenvalue weighted by Crippen LogP contribution is -2.30. The molecule has 1 aliphatic rings. The zero-order chi connectivity index (χ0) is 22.6. The number of benzene rings is 2. The van der Waals surface area contributed by atoms with Crippen LogP contribution in [0.1, 0.15) is 24.2 Å². The zero-order valence-corrected chi connectivity index (χ0v) is 17.9. The van der Waals surface area contributed by atoms with Crippen LogP contribution in [0.2, 0.25) is 0 Å². The number of nitro groups is 1. The smallest absolute Gasteiger partial charge is 0.312 e. The molecule has 0 N–H and O–H groups in total. The van der Waals surface area contributed by atoms with Gasteiger partial charge in [-0.05, 0) is 30.3 Å². The molecule has 0 aromatic heterocycles. The minimum atomic E-state index is -3.88. The van der Waals surface area contributed by atoms with Gasteiger partial charge in [0.05, 0.1) is 9.82 Å². The highest BCUT2D eigenvalue weighted by Gasteiger charge is 2.26. The molecule has 0 spiro atoms. The number of carbonyl (C=O) groups excluding carboxylic acids is 1. The Bertz CT molecular complexity index is 1100. The predicted molar refractivity (Wildman–Crippen MR) is 110 cm³/mol. The molecule has 31 heavy (non-hydrogen) atoms. The van der Waals surface area contributed by atoms with Crippen LogP contribution in [0.25, 0.3) is 0 Å². The van der Waals surface area contributed by atoms with Crippen LogP contribution in [-0.4, -0.2) is 56.3 Å². The highest BCUT2D eigenvalue weighted by molar-refractivity contribution is 7.89. The lowest BCUT2D eigenvalue weighted by Gasteiger charge is -2.19. The molecule has 0 saturated carbocycles. The van der Waals surface area contributed by atoms with E-state index < -0.39 is 33.0 Å². The quantitative estimate of drug-likeness (QED) is 0.324. The van der Waals surface area contributed by atoms with Gasteiger partial charge in [-0.15, -0.1) is 0 Å². The first-order chi connectivity index (χ1) is 14.8. The molecule has 3 rings (SSSR count). The molecular formula is C20H22N2O8S. The summed E-state index contributed by atoms with van der Waals surface area (Å²) in [6.07, 6.45) is 0. The number of hydrogen-bond acceptors (Lipinski definition) is 8. The fourth-order valence-corrected chi connectivity index (χ4v) is 4.56. The van der Waals surface area contributed by atoms with Crippen molar-refractivity contribution >= 4 is 21.5 Å². The number of ether oxygens (including phenoxy) is 3. The van der Waals surface area contributed by atoms with Gasteiger partial charge in [0.1, 0.15) is 13.2 Å². The molecular weight excluding hydrogens is 428 g/mol. The lowest BCUT2D eigenvalue weighted by molar-refractivity contribution is -0.386. The molecule has 0 bridgehead atoms. The SMILES string of the molecule is CCN(CC)S(=O)(=O)c1ccc(OCC(=O)c2ccc3c(c2)OCCO3)c([N+](=O)[O-])c1. The summed E-state index contributed by atoms with van der Waals surface area (Å²) in [5.74, 6) is 0.346. The molecule has 0 atom stereocenters. The Morgan fingerprint density at radius 1 is 1.10 bits per heavy atom. The van der Waals surface area contributed by atoms with Crippen molar-refractivity contribution in [3.05, 3.63) is 52.1 Å². The maximum Gasteiger partial charge on any atom is 0.312 e. The molecule has 11 heteroatoms. The van der Waals surface area contributed by atoms with E-state index in [0.717, 1.165) is 6.07 Å². The van der Waals surface area contributed by atoms with Crippen LogP contribution >= 0.6 is 0 Å². The summed E-state index contributed by atoms with van der Waals surface area (Å²) < 4.78 is 42.7. The second-order valence-electron chi connectivity index (χ2n) is 6.55. The van der Waals surface area contributed by atoms with E-state index in [9.17, 15) is 23.3 Å². The highest BCUT2D eigenvalue weighted by atomic mass is 32.2. The van der Waals surface area contributed by atoms with E-state index in [1.165, 1.54) is 22.5 Å². The van der Waals surface area contributed by atoms with Crippen molar-refractivity contribution in [2.75, 3.05) is 32.9 Å². The molecule has 2 aromatic rings. The molecule has 0 aliphatic carbocycles. The minimum absolute atomic E-state index is 0.200. The first kappa shape index (κ1) is 22.5. The third-order valence-corrected chi connectivity index (χ3v) is 6.74. The van der Waals surface area contributed by atoms with E-state index in [-0.39, 0.29) is 23.7 Å². The van der Waals surface area contributed by atoms with Gasteiger partial charge in [0.15, 0.2) is 29.6 Å². The van der Waals surface area contributed by atoms with Gasteiger partial charge in [-0.3, -0.25) is 14.9 Å². The van der Waals surface area contributed by atoms with Crippen LogP contribution in [0.3, 0.4) is 0 Å². The van der Waals surface area contributed by atoms with Gasteiger partial charge >= 0.3 is 5.69 Å². The molecule has 0 saturated heterocycles. The maximum absolute atomic E-state index is 12.6. The van der Waals surface area contributed by atoms with Gasteiger partial charge in [0.25, 0.3) is 0 Å². The van der Waals surface area contributed by atoms with Gasteiger partial charge in [-0.2, -0.15) is 4.31 Å². The largest absolute Gasteiger partial charge is 0.486 e. The average Bonchev–Trinajstić information content (AvgIpc) is 2.77. The van der Waals surface area contributed by atoms with Gasteiger partial charge in [0, 0.05) is 24.7 Å². The Morgan fingerprint density at radius 3 is 2.42 bits per heavy atom. The van der Waals surface area contributed by atoms with Crippen LogP contribution in [0.5, 0.6) is 17.2 Å². The van der Waals surface area contributed by atoms with E-state index in [4.69, 9.17) is 14.2 Å². The van der Waals surface area contributed by atoms with Gasteiger partial charge < -0.3 is 14.2 Å². The summed E-state index contributed by atoms with van der Waals surface area (Å²) in [5.41, 5.74) is -0.240. The molecule has 0 amide bonds. The van der Waals surface area contributed by atoms with Crippen molar-refractivity contribution in [1.82, 2.24) is 4.31 Å². The first-order valence-corrected chi connectivity index (χ1v) is 11.1. The van der Waals surface area contributed by atoms with E-state index in [2.05, 4.69) is 0 Å². The minimum Gasteiger partial charge on any atom is -0.486 e. The Morgan fingerprint density at radius 2 is 1.77 bits per heavy atom. The van der Waals surface area contributed by atoms with Crippen molar-refractivity contribution in [2.24, 2.45) is 0 Å². The number of Topliss-reactive ketones (excluding diaryl/α,β-unsaturated/α-hetero) is 1. The van der Waals surface area contributed by atoms with Crippen LogP contribution in [0, 0.1) is 10.1 Å². The summed E-state index contributed by atoms with van der Waals surface area (Å²) in [6, 6.07) is 8.03. The van der Waals surface area contributed by atoms with Crippen molar-refractivity contribution in [1.29, 1.82) is 0 Å². The molecule has 1 aliphatic heterocycles. The predicted octanol–water partition coefficient (Wildman–Crippen LogP) is 2.66. The van der Waals surface area contributed by atoms with Crippen molar-refractivity contribution in [2.45, 2.75) is 18.7 Å². The average molecular weight is 450 g/mol. The number of ketones is 1. The van der Waals surface area contributed by atoms with Gasteiger partial charge in [-0.25, -0.2) is 8.42 Å². The highest BCUT2D eigenvalue weighted by Crippen LogP contribution is 2.32. The standard InChI is InChI=1S/C20H22N2O8S/c1-3-21(4-2)31(26,27)15-6-8-18(16(12-15)22(24)25)30-13-17(23)14-5-7-19-20(11-14)29-10-9-28-19/h5-8,11-12H,3-4,9-10,13H2,1-2H3. The Kier molecular flexibility index (Phi) is 6.76. The number of hydrogen-bond donors (Lipinski definition) is 0. The zero-order valence-electron chi connectivity index (χ0n) is 17.1. The number of sulfonamides is 1. The first-order valence-electron chi connectivity index (χ1n) is 9.62. The summed E-state index contributed by atoms with van der Waals surface area (Å²) in [7, 11) is -3.88. The van der Waals surface area contributed by atoms with Crippen LogP contribution in [-0.2, 0) is 10.0 Å². The Hall–Kier alpha value is -3.18. The molecule has 10 nitrogen and oxygen atoms in total. The fourth-order valence-electron chi connectivity index (χ4n) is 3.08. The van der Waals surface area contributed by atoms with Crippen molar-refractivity contribution < 1.29 is 32.3 Å². The topological polar surface area (TPSA) is 125 Å². The molecule has 0 fully saturated rings. The van der Waals surface area contributed by atoms with E-state index in [1.807, 2.05) is 0 Å². The van der Waals surface area contributed by atoms with E-state index in [1.54, 1.807) is 26.0 Å². The molecule has 0 radical (unpaired) electrons. The molecule has 1 heterocycles. The number of rotatable bonds is 9. The fraction of sp³-hybridized carbons (Fsp3) is 0.350. The number of carbonyl (C=O) groups is 1. The van der Waals surface area contributed by atoms with E-state index in [0.29, 0.717) is 30.3 Å². The normalized spacial score (nSPS) is 13.1. The number of fused-ring (bicyclic) bond motifs is 1. The summed E-state index contributed by atoms with van der Waals surface area (Å²) in [5, 5.41) is 11.5. The Balaban J connectivity index is 1.80. The third kappa shape index (κ3) is 4.78. The molecule has 166 valence electrons. The monoisotopic (exact) mass is 450 g/mol. The molecule has 2 aromatic carbocycles. The number of nitrogens with zero attached hydrogens (tertiary/aromatic N) is 2. The van der Waals surface area contributed by atoms with Crippen molar-refractivity contribution in [3.63, 3.8) is 0 Å². The third-order valence-electron chi connectivity index (χ3n) is 4.69. The maximum atomic E-state index is 12.6.